The fourth-order valence-corrected chi connectivity index (χ4v) is 4.62. The molecule has 8 nitrogen and oxygen atoms in total. The van der Waals surface area contributed by atoms with Crippen molar-refractivity contribution in [3.05, 3.63) is 51.1 Å². The molecule has 4 rings (SSSR count). The van der Waals surface area contributed by atoms with Crippen molar-refractivity contribution in [2.24, 2.45) is 0 Å². The summed E-state index contributed by atoms with van der Waals surface area (Å²) in [7, 11) is 0. The van der Waals surface area contributed by atoms with Gasteiger partial charge in [0.15, 0.2) is 0 Å². The van der Waals surface area contributed by atoms with E-state index in [-0.39, 0.29) is 17.6 Å². The van der Waals surface area contributed by atoms with Crippen LogP contribution in [-0.2, 0) is 0 Å². The van der Waals surface area contributed by atoms with Crippen LogP contribution in [0.15, 0.2) is 30.6 Å². The molecular weight excluding hydrogens is 354 g/mol. The fourth-order valence-electron chi connectivity index (χ4n) is 3.53. The fraction of sp³-hybridized carbons (Fsp3) is 0.412. The maximum Gasteiger partial charge on any atom is 0.269 e. The van der Waals surface area contributed by atoms with Gasteiger partial charge < -0.3 is 5.11 Å². The number of rotatable bonds is 4. The van der Waals surface area contributed by atoms with Crippen molar-refractivity contribution in [2.45, 2.75) is 31.7 Å². The zero-order valence-electron chi connectivity index (χ0n) is 14.1. The van der Waals surface area contributed by atoms with Crippen LogP contribution in [0.2, 0.25) is 0 Å². The molecule has 1 N–H and O–H groups in total. The lowest BCUT2D eigenvalue weighted by Crippen LogP contribution is -2.30. The van der Waals surface area contributed by atoms with Gasteiger partial charge in [0.25, 0.3) is 5.69 Å². The maximum atomic E-state index is 11.0. The first-order chi connectivity index (χ1) is 12.6. The number of nitro benzene ring substituents is 1. The molecule has 1 unspecified atom stereocenters. The first kappa shape index (κ1) is 16.9. The number of aromatic nitrogens is 3. The van der Waals surface area contributed by atoms with Crippen LogP contribution in [0.1, 0.15) is 42.2 Å². The zero-order valence-corrected chi connectivity index (χ0v) is 14.9. The van der Waals surface area contributed by atoms with Crippen LogP contribution >= 0.6 is 11.3 Å². The zero-order chi connectivity index (χ0) is 18.1. The van der Waals surface area contributed by atoms with Gasteiger partial charge >= 0.3 is 0 Å². The monoisotopic (exact) mass is 373 g/mol. The molecule has 0 amide bonds. The summed E-state index contributed by atoms with van der Waals surface area (Å²) in [5, 5.41) is 25.7. The number of non-ortho nitro benzene ring substituents is 1. The number of aromatic hydroxyl groups is 1. The first-order valence-electron chi connectivity index (χ1n) is 8.65. The average Bonchev–Trinajstić information content (AvgIpc) is 3.10. The summed E-state index contributed by atoms with van der Waals surface area (Å²) in [6.07, 6.45) is 6.02. The van der Waals surface area contributed by atoms with E-state index in [1.807, 2.05) is 0 Å². The number of thiazole rings is 1. The predicted molar refractivity (Wildman–Crippen MR) is 97.5 cm³/mol. The summed E-state index contributed by atoms with van der Waals surface area (Å²) < 4.78 is 1.44. The molecule has 3 aromatic rings. The topological polar surface area (TPSA) is 96.8 Å². The van der Waals surface area contributed by atoms with Crippen molar-refractivity contribution in [3.8, 4) is 5.88 Å². The van der Waals surface area contributed by atoms with Crippen LogP contribution < -0.4 is 0 Å². The van der Waals surface area contributed by atoms with Crippen LogP contribution in [0, 0.1) is 10.1 Å². The summed E-state index contributed by atoms with van der Waals surface area (Å²) in [6, 6.07) is 6.44. The second-order valence-corrected chi connectivity index (χ2v) is 7.45. The highest BCUT2D eigenvalue weighted by Crippen LogP contribution is 2.40. The van der Waals surface area contributed by atoms with Gasteiger partial charge in [-0.05, 0) is 31.5 Å². The number of hydrogen-bond acceptors (Lipinski definition) is 7. The Kier molecular flexibility index (Phi) is 4.56. The smallest absolute Gasteiger partial charge is 0.269 e. The Morgan fingerprint density at radius 2 is 1.85 bits per heavy atom. The van der Waals surface area contributed by atoms with Crippen molar-refractivity contribution in [1.29, 1.82) is 0 Å². The Hall–Kier alpha value is -2.52. The molecule has 0 radical (unpaired) electrons. The van der Waals surface area contributed by atoms with Crippen molar-refractivity contribution < 1.29 is 10.0 Å². The molecule has 0 bridgehead atoms. The first-order valence-corrected chi connectivity index (χ1v) is 9.46. The lowest BCUT2D eigenvalue weighted by atomic mass is 10.0. The number of nitro groups is 1. The Bertz CT molecular complexity index is 912. The molecule has 1 saturated heterocycles. The summed E-state index contributed by atoms with van der Waals surface area (Å²) >= 11 is 1.41. The Balaban J connectivity index is 1.79. The van der Waals surface area contributed by atoms with Gasteiger partial charge in [0, 0.05) is 12.1 Å². The standard InChI is InChI=1S/C17H19N5O3S/c23-16-15(26-17-18-11-19-21(16)17)14(20-9-3-1-2-4-10-20)12-5-7-13(8-6-12)22(24)25/h5-8,11,14,23H,1-4,9-10H2. The number of benzene rings is 1. The average molecular weight is 373 g/mol. The minimum absolute atomic E-state index is 0.0650. The summed E-state index contributed by atoms with van der Waals surface area (Å²) in [5.41, 5.74) is 0.993. The second kappa shape index (κ2) is 7.00. The highest BCUT2D eigenvalue weighted by molar-refractivity contribution is 7.17. The molecule has 1 aliphatic heterocycles. The van der Waals surface area contributed by atoms with Crippen LogP contribution in [0.4, 0.5) is 5.69 Å². The molecule has 26 heavy (non-hydrogen) atoms. The maximum absolute atomic E-state index is 11.0. The van der Waals surface area contributed by atoms with Crippen LogP contribution in [0.5, 0.6) is 5.88 Å². The molecular formula is C17H19N5O3S. The van der Waals surface area contributed by atoms with Gasteiger partial charge in [-0.1, -0.05) is 36.3 Å². The quantitative estimate of drug-likeness (QED) is 0.556. The third-order valence-corrected chi connectivity index (χ3v) is 5.90. The summed E-state index contributed by atoms with van der Waals surface area (Å²) in [4.78, 5) is 18.5. The number of nitrogens with zero attached hydrogens (tertiary/aromatic N) is 5. The van der Waals surface area contributed by atoms with E-state index in [2.05, 4.69) is 15.0 Å². The van der Waals surface area contributed by atoms with Gasteiger partial charge in [-0.3, -0.25) is 15.0 Å². The van der Waals surface area contributed by atoms with E-state index in [1.165, 1.54) is 47.2 Å². The van der Waals surface area contributed by atoms with Crippen molar-refractivity contribution in [3.63, 3.8) is 0 Å². The normalized spacial score (nSPS) is 17.2. The van der Waals surface area contributed by atoms with E-state index in [9.17, 15) is 15.2 Å². The van der Waals surface area contributed by atoms with Crippen molar-refractivity contribution in [1.82, 2.24) is 19.5 Å². The molecule has 9 heteroatoms. The molecule has 1 fully saturated rings. The number of likely N-dealkylation sites (tertiary alicyclic amines) is 1. The molecule has 0 aliphatic carbocycles. The molecule has 3 heterocycles. The van der Waals surface area contributed by atoms with E-state index in [0.29, 0.717) is 4.96 Å². The number of fused-ring (bicyclic) bond motifs is 1. The van der Waals surface area contributed by atoms with E-state index in [4.69, 9.17) is 0 Å². The van der Waals surface area contributed by atoms with Crippen LogP contribution in [0.25, 0.3) is 4.96 Å². The predicted octanol–water partition coefficient (Wildman–Crippen LogP) is 3.37. The highest BCUT2D eigenvalue weighted by Gasteiger charge is 2.29. The lowest BCUT2D eigenvalue weighted by Gasteiger charge is -2.30. The SMILES string of the molecule is O=[N+]([O-])c1ccc(C(c2sc3ncnn3c2O)N2CCCCCC2)cc1. The minimum Gasteiger partial charge on any atom is -0.492 e. The van der Waals surface area contributed by atoms with Gasteiger partial charge in [-0.15, -0.1) is 0 Å². The van der Waals surface area contributed by atoms with Crippen molar-refractivity contribution >= 4 is 22.0 Å². The molecule has 0 saturated carbocycles. The molecule has 1 atom stereocenters. The van der Waals surface area contributed by atoms with Gasteiger partial charge in [-0.25, -0.2) is 4.98 Å². The molecule has 2 aromatic heterocycles. The molecule has 1 aromatic carbocycles. The number of hydrogen-bond donors (Lipinski definition) is 1. The van der Waals surface area contributed by atoms with Crippen LogP contribution in [0.3, 0.4) is 0 Å². The third kappa shape index (κ3) is 3.04. The largest absolute Gasteiger partial charge is 0.492 e. The van der Waals surface area contributed by atoms with E-state index >= 15 is 0 Å². The van der Waals surface area contributed by atoms with Gasteiger partial charge in [0.1, 0.15) is 6.33 Å². The van der Waals surface area contributed by atoms with E-state index < -0.39 is 4.92 Å². The van der Waals surface area contributed by atoms with Gasteiger partial charge in [0.2, 0.25) is 10.8 Å². The summed E-state index contributed by atoms with van der Waals surface area (Å²) in [6.45, 7) is 1.85. The molecule has 136 valence electrons. The molecule has 0 spiro atoms. The van der Waals surface area contributed by atoms with Crippen LogP contribution in [-0.4, -0.2) is 42.6 Å². The van der Waals surface area contributed by atoms with E-state index in [0.717, 1.165) is 36.4 Å². The van der Waals surface area contributed by atoms with Gasteiger partial charge in [-0.2, -0.15) is 9.61 Å². The highest BCUT2D eigenvalue weighted by atomic mass is 32.1. The lowest BCUT2D eigenvalue weighted by molar-refractivity contribution is -0.384. The Morgan fingerprint density at radius 3 is 2.46 bits per heavy atom. The summed E-state index contributed by atoms with van der Waals surface area (Å²) in [5.74, 6) is 0.0927. The Labute approximate surface area is 153 Å². The van der Waals surface area contributed by atoms with Gasteiger partial charge in [0.05, 0.1) is 15.8 Å². The van der Waals surface area contributed by atoms with Crippen molar-refractivity contribution in [2.75, 3.05) is 13.1 Å². The van der Waals surface area contributed by atoms with E-state index in [1.54, 1.807) is 12.1 Å². The second-order valence-electron chi connectivity index (χ2n) is 6.45. The third-order valence-electron chi connectivity index (χ3n) is 4.81. The molecule has 1 aliphatic rings. The minimum atomic E-state index is -0.397. The Morgan fingerprint density at radius 1 is 1.15 bits per heavy atom.